The molecule has 0 aromatic carbocycles. The predicted octanol–water partition coefficient (Wildman–Crippen LogP) is 9.82. The fourth-order valence-corrected chi connectivity index (χ4v) is 4.83. The van der Waals surface area contributed by atoms with E-state index in [0.717, 1.165) is 108 Å². The van der Waals surface area contributed by atoms with Crippen LogP contribution in [-0.2, 0) is 28.5 Å². The first-order valence-electron chi connectivity index (χ1n) is 20.9. The minimum Gasteiger partial charge on any atom is -0.496 e. The minimum atomic E-state index is -0.187. The molecule has 0 radical (unpaired) electrons. The quantitative estimate of drug-likeness (QED) is 0.00914. The predicted molar refractivity (Wildman–Crippen MR) is 240 cm³/mol. The van der Waals surface area contributed by atoms with Crippen molar-refractivity contribution in [1.82, 2.24) is 5.32 Å². The van der Waals surface area contributed by atoms with Crippen molar-refractivity contribution in [2.75, 3.05) is 40.0 Å². The molecule has 0 aromatic rings. The van der Waals surface area contributed by atoms with Gasteiger partial charge < -0.3 is 40.5 Å². The zero-order valence-electron chi connectivity index (χ0n) is 35.6. The van der Waals surface area contributed by atoms with Crippen LogP contribution in [0.1, 0.15) is 117 Å². The summed E-state index contributed by atoms with van der Waals surface area (Å²) in [6.07, 6.45) is 50.4. The van der Waals surface area contributed by atoms with Crippen LogP contribution in [0.4, 0.5) is 0 Å². The Bertz CT molecular complexity index is 1200. The maximum Gasteiger partial charge on any atom is 0.306 e. The first-order valence-corrected chi connectivity index (χ1v) is 20.9. The van der Waals surface area contributed by atoms with Crippen molar-refractivity contribution in [2.24, 2.45) is 11.5 Å². The number of hydrogen-bond donors (Lipinski definition) is 4. The normalized spacial score (nSPS) is 13.6. The van der Waals surface area contributed by atoms with E-state index in [0.29, 0.717) is 39.1 Å². The number of esters is 1. The summed E-state index contributed by atoms with van der Waals surface area (Å²) in [7, 11) is 1.97. The molecule has 0 saturated heterocycles. The number of aldehydes is 1. The Balaban J connectivity index is 0. The van der Waals surface area contributed by atoms with E-state index < -0.39 is 0 Å². The monoisotopic (exact) mass is 795 g/mol. The lowest BCUT2D eigenvalue weighted by molar-refractivity contribution is -0.142. The highest BCUT2D eigenvalue weighted by Crippen LogP contribution is 2.11. The van der Waals surface area contributed by atoms with Crippen molar-refractivity contribution in [3.63, 3.8) is 0 Å². The van der Waals surface area contributed by atoms with Gasteiger partial charge in [0.1, 0.15) is 19.0 Å². The van der Waals surface area contributed by atoms with Gasteiger partial charge in [-0.15, -0.1) is 0 Å². The number of allylic oxidation sites excluding steroid dienone is 14. The number of nitrogens with two attached hydrogens (primary N) is 2. The van der Waals surface area contributed by atoms with Crippen LogP contribution < -0.4 is 16.8 Å². The molecular formula is C47H78N4O6. The van der Waals surface area contributed by atoms with E-state index in [9.17, 15) is 9.59 Å². The highest BCUT2D eigenvalue weighted by Gasteiger charge is 2.09. The lowest BCUT2D eigenvalue weighted by Crippen LogP contribution is -2.20. The molecule has 0 aromatic heterocycles. The molecule has 0 aliphatic heterocycles. The Morgan fingerprint density at radius 2 is 1.30 bits per heavy atom. The zero-order chi connectivity index (χ0) is 42.1. The number of hydrogen-bond acceptors (Lipinski definition) is 9. The summed E-state index contributed by atoms with van der Waals surface area (Å²) in [5.41, 5.74) is 11.2. The van der Waals surface area contributed by atoms with Crippen LogP contribution in [0.25, 0.3) is 0 Å². The summed E-state index contributed by atoms with van der Waals surface area (Å²) >= 11 is 0. The third-order valence-corrected chi connectivity index (χ3v) is 8.07. The highest BCUT2D eigenvalue weighted by molar-refractivity contribution is 5.69. The smallest absolute Gasteiger partial charge is 0.306 e. The van der Waals surface area contributed by atoms with Gasteiger partial charge in [-0.1, -0.05) is 104 Å². The summed E-state index contributed by atoms with van der Waals surface area (Å²) < 4.78 is 23.1. The number of ether oxygens (including phenoxy) is 4. The maximum atomic E-state index is 12.0. The summed E-state index contributed by atoms with van der Waals surface area (Å²) in [6.45, 7) is 6.97. The molecule has 2 atom stereocenters. The molecule has 2 unspecified atom stereocenters. The average Bonchev–Trinajstić information content (AvgIpc) is 3.21. The number of rotatable bonds is 37. The van der Waals surface area contributed by atoms with E-state index in [2.05, 4.69) is 66.6 Å². The Hall–Kier alpha value is -4.25. The van der Waals surface area contributed by atoms with Crippen molar-refractivity contribution in [3.8, 4) is 0 Å². The molecule has 0 aliphatic rings. The molecule has 0 heterocycles. The Morgan fingerprint density at radius 3 is 1.95 bits per heavy atom. The van der Waals surface area contributed by atoms with Crippen molar-refractivity contribution >= 4 is 18.6 Å². The summed E-state index contributed by atoms with van der Waals surface area (Å²) in [5.74, 6) is -0.187. The van der Waals surface area contributed by atoms with Gasteiger partial charge in [-0.2, -0.15) is 0 Å². The van der Waals surface area contributed by atoms with Gasteiger partial charge in [0, 0.05) is 18.5 Å². The number of nitrogens with one attached hydrogen (secondary N) is 2. The fraction of sp³-hybridized carbons (Fsp3) is 0.553. The van der Waals surface area contributed by atoms with Crippen molar-refractivity contribution < 1.29 is 28.5 Å². The Kier molecular flexibility index (Phi) is 46.1. The molecular weight excluding hydrogens is 717 g/mol. The van der Waals surface area contributed by atoms with Gasteiger partial charge in [-0.3, -0.25) is 10.2 Å². The molecule has 57 heavy (non-hydrogen) atoms. The molecule has 0 bridgehead atoms. The van der Waals surface area contributed by atoms with Gasteiger partial charge in [0.25, 0.3) is 0 Å². The zero-order valence-corrected chi connectivity index (χ0v) is 35.6. The second kappa shape index (κ2) is 47.9. The van der Waals surface area contributed by atoms with E-state index in [1.807, 2.05) is 62.6 Å². The second-order valence-electron chi connectivity index (χ2n) is 13.0. The van der Waals surface area contributed by atoms with Crippen LogP contribution in [0.5, 0.6) is 0 Å². The van der Waals surface area contributed by atoms with Gasteiger partial charge in [-0.25, -0.2) is 0 Å². The van der Waals surface area contributed by atoms with Gasteiger partial charge in [0.2, 0.25) is 0 Å². The summed E-state index contributed by atoms with van der Waals surface area (Å²) in [5, 5.41) is 9.08. The highest BCUT2D eigenvalue weighted by atomic mass is 16.5. The standard InChI is InChI=1S/C46H74N2O6.CH4N2/c1-4-6-7-8-21-29-40-53-45(34-33-43(47)5-2)42-51-38-27-20-16-23-30-41-54-46(50)32-25-18-13-10-9-12-17-24-31-44(35-36-48-3)52-39-28-22-15-11-14-19-26-37-49;2-1-3/h5,7-9,11-14,18,20,22-23,27-30,37,40,44-45,48H,4,6,10,15-17,19,21,24-26,31-36,38-39,41-42,47H2,1-3H3;1H,(H3,2,3)/b8-7+,12-9+,14-11+,18-13+,27-20+,28-22+,30-23+,40-29+,43-5-;. The number of unbranched alkanes of at least 4 members (excludes halogenated alkanes) is 3. The first kappa shape index (κ1) is 54.8. The van der Waals surface area contributed by atoms with E-state index in [1.54, 1.807) is 6.26 Å². The maximum absolute atomic E-state index is 12.0. The number of carbonyl (C=O) groups is 2. The van der Waals surface area contributed by atoms with Crippen LogP contribution >= 0.6 is 0 Å². The van der Waals surface area contributed by atoms with E-state index >= 15 is 0 Å². The average molecular weight is 795 g/mol. The van der Waals surface area contributed by atoms with Crippen molar-refractivity contribution in [2.45, 2.75) is 129 Å². The summed E-state index contributed by atoms with van der Waals surface area (Å²) in [4.78, 5) is 22.4. The van der Waals surface area contributed by atoms with Crippen molar-refractivity contribution in [1.29, 1.82) is 5.41 Å². The van der Waals surface area contributed by atoms with E-state index in [-0.39, 0.29) is 24.8 Å². The Labute approximate surface area is 346 Å². The summed E-state index contributed by atoms with van der Waals surface area (Å²) in [6, 6.07) is 0. The molecule has 6 N–H and O–H groups in total. The fourth-order valence-electron chi connectivity index (χ4n) is 4.83. The van der Waals surface area contributed by atoms with Crippen LogP contribution in [0.3, 0.4) is 0 Å². The molecule has 0 aliphatic carbocycles. The third-order valence-electron chi connectivity index (χ3n) is 8.07. The minimum absolute atomic E-state index is 0.0523. The molecule has 10 heteroatoms. The van der Waals surface area contributed by atoms with Gasteiger partial charge >= 0.3 is 5.97 Å². The molecule has 0 spiro atoms. The largest absolute Gasteiger partial charge is 0.496 e. The van der Waals surface area contributed by atoms with Crippen LogP contribution in [0, 0.1) is 5.41 Å². The van der Waals surface area contributed by atoms with Gasteiger partial charge in [0.05, 0.1) is 38.5 Å². The van der Waals surface area contributed by atoms with E-state index in [1.165, 1.54) is 0 Å². The van der Waals surface area contributed by atoms with Crippen molar-refractivity contribution in [3.05, 3.63) is 109 Å². The molecule has 0 saturated carbocycles. The van der Waals surface area contributed by atoms with Crippen LogP contribution in [0.2, 0.25) is 0 Å². The second-order valence-corrected chi connectivity index (χ2v) is 13.0. The van der Waals surface area contributed by atoms with Gasteiger partial charge in [0.15, 0.2) is 0 Å². The molecule has 0 rings (SSSR count). The molecule has 322 valence electrons. The van der Waals surface area contributed by atoms with Gasteiger partial charge in [-0.05, 0) is 110 Å². The SMILES string of the molecule is C/C=C(\N)CCC(COC/C=C/C/C=C/COC(=O)CC/C=C/C/C=C/CCCC(CCNC)OC/C=C/C/C=C/CCC=O)O/C=C/C/C=C/CCC.N=CN. The molecule has 0 amide bonds. The lowest BCUT2D eigenvalue weighted by atomic mass is 10.1. The van der Waals surface area contributed by atoms with E-state index in [4.69, 9.17) is 30.1 Å². The van der Waals surface area contributed by atoms with Crippen LogP contribution in [-0.4, -0.2) is 70.8 Å². The van der Waals surface area contributed by atoms with Crippen LogP contribution in [0.15, 0.2) is 109 Å². The topological polar surface area (TPSA) is 159 Å². The third kappa shape index (κ3) is 46.0. The first-order chi connectivity index (χ1) is 28.0. The molecule has 10 nitrogen and oxygen atoms in total. The lowest BCUT2D eigenvalue weighted by Gasteiger charge is -2.16. The Morgan fingerprint density at radius 1 is 0.702 bits per heavy atom. The molecule has 0 fully saturated rings. The number of carbonyl (C=O) groups excluding carboxylic acids is 2.